The van der Waals surface area contributed by atoms with Gasteiger partial charge < -0.3 is 14.6 Å². The molecule has 0 unspecified atom stereocenters. The highest BCUT2D eigenvalue weighted by atomic mass is 19.1. The number of ether oxygens (including phenoxy) is 2. The van der Waals surface area contributed by atoms with Crippen LogP contribution in [-0.2, 0) is 9.53 Å². The van der Waals surface area contributed by atoms with Crippen LogP contribution in [0.15, 0.2) is 24.3 Å². The lowest BCUT2D eigenvalue weighted by molar-refractivity contribution is -0.131. The Morgan fingerprint density at radius 1 is 1.40 bits per heavy atom. The van der Waals surface area contributed by atoms with Crippen LogP contribution in [0.5, 0.6) is 5.75 Å². The van der Waals surface area contributed by atoms with Crippen molar-refractivity contribution in [2.45, 2.75) is 25.9 Å². The zero-order chi connectivity index (χ0) is 15.2. The van der Waals surface area contributed by atoms with E-state index in [0.29, 0.717) is 24.3 Å². The molecule has 1 aromatic rings. The highest BCUT2D eigenvalue weighted by Gasteiger charge is 2.16. The standard InChI is InChI=1S/C15H19FO4/c1-15(2,19-3)6-7-20-13-9-11(4-5-14(17)18)8-12(16)10-13/h4-5,8-10H,6-7H2,1-3H3,(H,17,18)/b5-4+. The summed E-state index contributed by atoms with van der Waals surface area (Å²) in [6.07, 6.45) is 2.92. The van der Waals surface area contributed by atoms with Crippen LogP contribution in [0.3, 0.4) is 0 Å². The summed E-state index contributed by atoms with van der Waals surface area (Å²) < 4.78 is 24.1. The summed E-state index contributed by atoms with van der Waals surface area (Å²) in [7, 11) is 1.62. The summed E-state index contributed by atoms with van der Waals surface area (Å²) in [6.45, 7) is 4.25. The Hall–Kier alpha value is -1.88. The molecule has 0 fully saturated rings. The summed E-state index contributed by atoms with van der Waals surface area (Å²) >= 11 is 0. The Morgan fingerprint density at radius 3 is 2.70 bits per heavy atom. The maximum absolute atomic E-state index is 13.4. The third-order valence-electron chi connectivity index (χ3n) is 2.84. The lowest BCUT2D eigenvalue weighted by Gasteiger charge is -2.22. The molecule has 4 nitrogen and oxygen atoms in total. The van der Waals surface area contributed by atoms with E-state index in [4.69, 9.17) is 14.6 Å². The molecule has 0 saturated heterocycles. The SMILES string of the molecule is COC(C)(C)CCOc1cc(F)cc(/C=C/C(=O)O)c1. The molecule has 110 valence electrons. The fourth-order valence-electron chi connectivity index (χ4n) is 1.45. The van der Waals surface area contributed by atoms with Crippen LogP contribution in [0, 0.1) is 5.82 Å². The first-order chi connectivity index (χ1) is 9.32. The maximum atomic E-state index is 13.4. The molecule has 0 heterocycles. The predicted octanol–water partition coefficient (Wildman–Crippen LogP) is 3.12. The van der Waals surface area contributed by atoms with Gasteiger partial charge in [-0.05, 0) is 37.6 Å². The summed E-state index contributed by atoms with van der Waals surface area (Å²) in [5, 5.41) is 8.55. The largest absolute Gasteiger partial charge is 0.493 e. The first-order valence-electron chi connectivity index (χ1n) is 6.22. The van der Waals surface area contributed by atoms with E-state index in [1.165, 1.54) is 18.2 Å². The van der Waals surface area contributed by atoms with Gasteiger partial charge in [0, 0.05) is 25.7 Å². The molecular formula is C15H19FO4. The van der Waals surface area contributed by atoms with Crippen molar-refractivity contribution in [1.82, 2.24) is 0 Å². The minimum atomic E-state index is -1.08. The van der Waals surface area contributed by atoms with Crippen LogP contribution >= 0.6 is 0 Å². The second-order valence-electron chi connectivity index (χ2n) is 4.95. The lowest BCUT2D eigenvalue weighted by Crippen LogP contribution is -2.25. The number of methoxy groups -OCH3 is 1. The Balaban J connectivity index is 2.69. The molecule has 1 rings (SSSR count). The number of rotatable bonds is 7. The number of benzene rings is 1. The smallest absolute Gasteiger partial charge is 0.328 e. The van der Waals surface area contributed by atoms with Gasteiger partial charge in [0.05, 0.1) is 12.2 Å². The summed E-state index contributed by atoms with van der Waals surface area (Å²) in [5.41, 5.74) is 0.132. The fourth-order valence-corrected chi connectivity index (χ4v) is 1.45. The van der Waals surface area contributed by atoms with Gasteiger partial charge in [0.25, 0.3) is 0 Å². The first-order valence-corrected chi connectivity index (χ1v) is 6.22. The summed E-state index contributed by atoms with van der Waals surface area (Å²) in [5.74, 6) is -1.20. The van der Waals surface area contributed by atoms with Crippen molar-refractivity contribution in [1.29, 1.82) is 0 Å². The van der Waals surface area contributed by atoms with Crippen LogP contribution in [0.2, 0.25) is 0 Å². The molecule has 0 aliphatic rings. The number of aliphatic carboxylic acids is 1. The number of halogens is 1. The topological polar surface area (TPSA) is 55.8 Å². The van der Waals surface area contributed by atoms with Gasteiger partial charge in [-0.3, -0.25) is 0 Å². The van der Waals surface area contributed by atoms with Crippen molar-refractivity contribution in [3.63, 3.8) is 0 Å². The molecule has 0 aromatic heterocycles. The van der Waals surface area contributed by atoms with Crippen LogP contribution in [0.25, 0.3) is 6.08 Å². The minimum Gasteiger partial charge on any atom is -0.493 e. The first kappa shape index (κ1) is 16.2. The quantitative estimate of drug-likeness (QED) is 0.781. The molecule has 1 aromatic carbocycles. The molecule has 0 amide bonds. The molecule has 0 aliphatic carbocycles. The van der Waals surface area contributed by atoms with E-state index in [2.05, 4.69) is 0 Å². The van der Waals surface area contributed by atoms with Crippen LogP contribution < -0.4 is 4.74 Å². The number of hydrogen-bond donors (Lipinski definition) is 1. The maximum Gasteiger partial charge on any atom is 0.328 e. The molecule has 0 spiro atoms. The molecule has 5 heteroatoms. The van der Waals surface area contributed by atoms with Crippen molar-refractivity contribution in [3.8, 4) is 5.75 Å². The zero-order valence-electron chi connectivity index (χ0n) is 11.9. The van der Waals surface area contributed by atoms with Gasteiger partial charge in [-0.1, -0.05) is 0 Å². The molecule has 0 atom stereocenters. The van der Waals surface area contributed by atoms with E-state index >= 15 is 0 Å². The Kier molecular flexibility index (Phi) is 5.70. The van der Waals surface area contributed by atoms with E-state index in [9.17, 15) is 9.18 Å². The third kappa shape index (κ3) is 5.84. The third-order valence-corrected chi connectivity index (χ3v) is 2.84. The molecule has 0 bridgehead atoms. The van der Waals surface area contributed by atoms with Crippen LogP contribution in [0.4, 0.5) is 4.39 Å². The monoisotopic (exact) mass is 282 g/mol. The van der Waals surface area contributed by atoms with Crippen LogP contribution in [-0.4, -0.2) is 30.4 Å². The normalized spacial score (nSPS) is 11.8. The minimum absolute atomic E-state index is 0.306. The van der Waals surface area contributed by atoms with Gasteiger partial charge in [0.2, 0.25) is 0 Å². The average Bonchev–Trinajstić information content (AvgIpc) is 2.35. The number of carbonyl (C=O) groups is 1. The summed E-state index contributed by atoms with van der Waals surface area (Å²) in [4.78, 5) is 10.4. The van der Waals surface area contributed by atoms with E-state index in [1.54, 1.807) is 13.2 Å². The van der Waals surface area contributed by atoms with Gasteiger partial charge in [-0.15, -0.1) is 0 Å². The molecule has 20 heavy (non-hydrogen) atoms. The molecule has 0 saturated carbocycles. The lowest BCUT2D eigenvalue weighted by atomic mass is 10.1. The van der Waals surface area contributed by atoms with Crippen molar-refractivity contribution in [3.05, 3.63) is 35.7 Å². The highest BCUT2D eigenvalue weighted by molar-refractivity contribution is 5.85. The van der Waals surface area contributed by atoms with Crippen molar-refractivity contribution in [2.24, 2.45) is 0 Å². The van der Waals surface area contributed by atoms with E-state index in [-0.39, 0.29) is 5.60 Å². The van der Waals surface area contributed by atoms with Crippen molar-refractivity contribution in [2.75, 3.05) is 13.7 Å². The van der Waals surface area contributed by atoms with E-state index in [1.807, 2.05) is 13.8 Å². The highest BCUT2D eigenvalue weighted by Crippen LogP contribution is 2.19. The Labute approximate surface area is 117 Å². The van der Waals surface area contributed by atoms with Crippen LogP contribution in [0.1, 0.15) is 25.8 Å². The number of hydrogen-bond acceptors (Lipinski definition) is 3. The second-order valence-corrected chi connectivity index (χ2v) is 4.95. The molecule has 0 radical (unpaired) electrons. The Bertz CT molecular complexity index is 495. The zero-order valence-corrected chi connectivity index (χ0v) is 11.9. The Morgan fingerprint density at radius 2 is 2.10 bits per heavy atom. The summed E-state index contributed by atoms with van der Waals surface area (Å²) in [6, 6.07) is 4.09. The van der Waals surface area contributed by atoms with E-state index < -0.39 is 11.8 Å². The number of carboxylic acids is 1. The fraction of sp³-hybridized carbons (Fsp3) is 0.400. The van der Waals surface area contributed by atoms with Crippen molar-refractivity contribution >= 4 is 12.0 Å². The van der Waals surface area contributed by atoms with Gasteiger partial charge >= 0.3 is 5.97 Å². The van der Waals surface area contributed by atoms with Crippen molar-refractivity contribution < 1.29 is 23.8 Å². The van der Waals surface area contributed by atoms with E-state index in [0.717, 1.165) is 6.08 Å². The van der Waals surface area contributed by atoms with Gasteiger partial charge in [-0.25, -0.2) is 9.18 Å². The molecule has 1 N–H and O–H groups in total. The van der Waals surface area contributed by atoms with Gasteiger partial charge in [0.15, 0.2) is 0 Å². The number of carboxylic acid groups (broad SMARTS) is 1. The molecule has 0 aliphatic heterocycles. The van der Waals surface area contributed by atoms with Gasteiger partial charge in [-0.2, -0.15) is 0 Å². The molecular weight excluding hydrogens is 263 g/mol. The predicted molar refractivity (Wildman–Crippen MR) is 74.3 cm³/mol. The average molecular weight is 282 g/mol. The van der Waals surface area contributed by atoms with Gasteiger partial charge in [0.1, 0.15) is 11.6 Å². The second kappa shape index (κ2) is 7.05.